The highest BCUT2D eigenvalue weighted by Gasteiger charge is 2.08. The molecular weight excluding hydrogens is 286 g/mol. The fourth-order valence-electron chi connectivity index (χ4n) is 2.31. The summed E-state index contributed by atoms with van der Waals surface area (Å²) in [5.41, 5.74) is 3.87. The van der Waals surface area contributed by atoms with Crippen molar-refractivity contribution >= 4 is 44.8 Å². The van der Waals surface area contributed by atoms with Crippen LogP contribution in [0.25, 0.3) is 32.5 Å². The molecule has 5 heteroatoms. The Hall–Kier alpha value is -2.11. The van der Waals surface area contributed by atoms with Crippen molar-refractivity contribution in [1.29, 1.82) is 0 Å². The normalized spacial score (nSPS) is 11.2. The predicted molar refractivity (Wildman–Crippen MR) is 85.5 cm³/mol. The van der Waals surface area contributed by atoms with Crippen LogP contribution < -0.4 is 0 Å². The van der Waals surface area contributed by atoms with Crippen molar-refractivity contribution in [2.24, 2.45) is 0 Å². The van der Waals surface area contributed by atoms with Gasteiger partial charge in [0, 0.05) is 11.6 Å². The van der Waals surface area contributed by atoms with E-state index < -0.39 is 0 Å². The van der Waals surface area contributed by atoms with Crippen LogP contribution in [0.5, 0.6) is 0 Å². The summed E-state index contributed by atoms with van der Waals surface area (Å²) in [5, 5.41) is 1.09. The summed E-state index contributed by atoms with van der Waals surface area (Å²) in [6.07, 6.45) is 1.91. The quantitative estimate of drug-likeness (QED) is 0.523. The number of rotatable bonds is 1. The molecule has 3 nitrogen and oxygen atoms in total. The van der Waals surface area contributed by atoms with E-state index in [0.717, 1.165) is 32.5 Å². The van der Waals surface area contributed by atoms with E-state index in [2.05, 4.69) is 33.2 Å². The topological polar surface area (TPSA) is 41.6 Å². The Morgan fingerprint density at radius 1 is 1.05 bits per heavy atom. The van der Waals surface area contributed by atoms with Crippen LogP contribution >= 0.6 is 23.6 Å². The lowest BCUT2D eigenvalue weighted by Gasteiger charge is -2.06. The lowest BCUT2D eigenvalue weighted by Crippen LogP contribution is -1.88. The van der Waals surface area contributed by atoms with E-state index in [-0.39, 0.29) is 0 Å². The van der Waals surface area contributed by atoms with E-state index >= 15 is 0 Å². The van der Waals surface area contributed by atoms with Crippen LogP contribution in [0.3, 0.4) is 0 Å². The first kappa shape index (κ1) is 11.7. The Morgan fingerprint density at radius 2 is 1.90 bits per heavy atom. The number of hydrogen-bond donors (Lipinski definition) is 1. The van der Waals surface area contributed by atoms with Crippen molar-refractivity contribution in [3.05, 3.63) is 52.6 Å². The van der Waals surface area contributed by atoms with Crippen LogP contribution in [-0.2, 0) is 0 Å². The summed E-state index contributed by atoms with van der Waals surface area (Å²) in [6, 6.07) is 14.3. The van der Waals surface area contributed by atoms with Crippen molar-refractivity contribution in [3.63, 3.8) is 0 Å². The molecule has 0 aliphatic carbocycles. The molecule has 0 amide bonds. The second-order valence-corrected chi connectivity index (χ2v) is 6.12. The highest BCUT2D eigenvalue weighted by atomic mass is 32.1. The van der Waals surface area contributed by atoms with Gasteiger partial charge in [-0.25, -0.2) is 9.97 Å². The summed E-state index contributed by atoms with van der Waals surface area (Å²) in [7, 11) is 0. The molecule has 1 aromatic carbocycles. The minimum atomic E-state index is 0.632. The predicted octanol–water partition coefficient (Wildman–Crippen LogP) is 4.57. The Kier molecular flexibility index (Phi) is 2.61. The summed E-state index contributed by atoms with van der Waals surface area (Å²) in [6.45, 7) is 0. The van der Waals surface area contributed by atoms with Crippen molar-refractivity contribution < 1.29 is 0 Å². The maximum absolute atomic E-state index is 5.14. The van der Waals surface area contributed by atoms with Gasteiger partial charge in [-0.1, -0.05) is 30.3 Å². The van der Waals surface area contributed by atoms with Gasteiger partial charge in [0.1, 0.15) is 0 Å². The number of hydrogen-bond acceptors (Lipinski definition) is 4. The van der Waals surface area contributed by atoms with Crippen molar-refractivity contribution in [1.82, 2.24) is 15.0 Å². The summed E-state index contributed by atoms with van der Waals surface area (Å²) >= 11 is 6.64. The van der Waals surface area contributed by atoms with Crippen molar-refractivity contribution in [2.45, 2.75) is 0 Å². The standard InChI is InChI=1S/C15H9N3S2/c19-15-18-14-12(20-15)8-10-11(17-14)6-7-16-13(10)9-4-2-1-3-5-9/h1-8,16H. The zero-order valence-electron chi connectivity index (χ0n) is 10.3. The molecule has 0 spiro atoms. The molecule has 0 bridgehead atoms. The van der Waals surface area contributed by atoms with E-state index in [0.29, 0.717) is 3.95 Å². The number of benzene rings is 1. The average Bonchev–Trinajstić information content (AvgIpc) is 2.84. The lowest BCUT2D eigenvalue weighted by molar-refractivity contribution is 1.32. The van der Waals surface area contributed by atoms with Crippen LogP contribution in [0.15, 0.2) is 48.7 Å². The first-order valence-electron chi connectivity index (χ1n) is 6.16. The molecule has 4 aromatic rings. The number of H-pyrrole nitrogens is 1. The minimum Gasteiger partial charge on any atom is -0.361 e. The van der Waals surface area contributed by atoms with Crippen molar-refractivity contribution in [2.75, 3.05) is 0 Å². The fraction of sp³-hybridized carbons (Fsp3) is 0. The Bertz CT molecular complexity index is 971. The Balaban J connectivity index is 2.11. The number of fused-ring (bicyclic) bond motifs is 2. The van der Waals surface area contributed by atoms with Crippen LogP contribution in [0.1, 0.15) is 0 Å². The van der Waals surface area contributed by atoms with Gasteiger partial charge >= 0.3 is 0 Å². The van der Waals surface area contributed by atoms with Crippen molar-refractivity contribution in [3.8, 4) is 11.3 Å². The third-order valence-corrected chi connectivity index (χ3v) is 4.32. The van der Waals surface area contributed by atoms with Crippen LogP contribution in [0, 0.1) is 3.95 Å². The van der Waals surface area contributed by atoms with E-state index in [9.17, 15) is 0 Å². The van der Waals surface area contributed by atoms with Gasteiger partial charge in [-0.3, -0.25) is 0 Å². The molecule has 0 aliphatic heterocycles. The molecule has 3 aromatic heterocycles. The number of nitrogens with one attached hydrogen (secondary N) is 1. The molecular formula is C15H9N3S2. The summed E-state index contributed by atoms with van der Waals surface area (Å²) in [5.74, 6) is 0. The van der Waals surface area contributed by atoms with Crippen LogP contribution in [-0.4, -0.2) is 15.0 Å². The number of aromatic nitrogens is 3. The zero-order valence-corrected chi connectivity index (χ0v) is 12.0. The first-order chi connectivity index (χ1) is 9.81. The molecule has 4 rings (SSSR count). The van der Waals surface area contributed by atoms with Gasteiger partial charge in [0.25, 0.3) is 0 Å². The molecule has 0 saturated carbocycles. The lowest BCUT2D eigenvalue weighted by atomic mass is 10.1. The molecule has 0 unspecified atom stereocenters. The van der Waals surface area contributed by atoms with Gasteiger partial charge in [-0.2, -0.15) is 0 Å². The molecule has 1 N–H and O–H groups in total. The smallest absolute Gasteiger partial charge is 0.183 e. The van der Waals surface area contributed by atoms with Gasteiger partial charge in [0.05, 0.1) is 15.9 Å². The van der Waals surface area contributed by atoms with E-state index in [1.807, 2.05) is 30.5 Å². The number of nitrogens with zero attached hydrogens (tertiary/aromatic N) is 2. The third-order valence-electron chi connectivity index (χ3n) is 3.19. The van der Waals surface area contributed by atoms with Gasteiger partial charge in [0.2, 0.25) is 0 Å². The molecule has 0 saturated heterocycles. The average molecular weight is 295 g/mol. The SMILES string of the molecule is S=c1nc2nc3cc[nH]c(-c4ccccc4)c3cc2s1. The monoisotopic (exact) mass is 295 g/mol. The minimum absolute atomic E-state index is 0.632. The molecule has 20 heavy (non-hydrogen) atoms. The third kappa shape index (κ3) is 1.83. The summed E-state index contributed by atoms with van der Waals surface area (Å²) < 4.78 is 1.66. The van der Waals surface area contributed by atoms with Crippen LogP contribution in [0.4, 0.5) is 0 Å². The van der Waals surface area contributed by atoms with Gasteiger partial charge in [-0.05, 0) is 29.9 Å². The maximum Gasteiger partial charge on any atom is 0.183 e. The molecule has 3 heterocycles. The highest BCUT2D eigenvalue weighted by molar-refractivity contribution is 7.73. The Labute approximate surface area is 124 Å². The van der Waals surface area contributed by atoms with E-state index in [4.69, 9.17) is 12.2 Å². The van der Waals surface area contributed by atoms with Crippen LogP contribution in [0.2, 0.25) is 0 Å². The van der Waals surface area contributed by atoms with Gasteiger partial charge in [-0.15, -0.1) is 11.3 Å². The molecule has 0 fully saturated rings. The van der Waals surface area contributed by atoms with E-state index in [1.165, 1.54) is 11.3 Å². The Morgan fingerprint density at radius 3 is 2.75 bits per heavy atom. The highest BCUT2D eigenvalue weighted by Crippen LogP contribution is 2.29. The first-order valence-corrected chi connectivity index (χ1v) is 7.38. The molecule has 0 atom stereocenters. The molecule has 0 aliphatic rings. The van der Waals surface area contributed by atoms with Gasteiger partial charge in [0.15, 0.2) is 9.60 Å². The largest absolute Gasteiger partial charge is 0.361 e. The summed E-state index contributed by atoms with van der Waals surface area (Å²) in [4.78, 5) is 12.2. The number of pyridine rings is 2. The maximum atomic E-state index is 5.14. The van der Waals surface area contributed by atoms with E-state index in [1.54, 1.807) is 0 Å². The second-order valence-electron chi connectivity index (χ2n) is 4.44. The zero-order chi connectivity index (χ0) is 13.5. The number of aromatic amines is 1. The molecule has 96 valence electrons. The number of thiazole rings is 1. The molecule has 0 radical (unpaired) electrons. The van der Waals surface area contributed by atoms with Gasteiger partial charge < -0.3 is 4.98 Å². The fourth-order valence-corrected chi connectivity index (χ4v) is 3.35. The second kappa shape index (κ2) is 4.47.